The Labute approximate surface area is 169 Å². The maximum atomic E-state index is 13.1. The highest BCUT2D eigenvalue weighted by molar-refractivity contribution is 7.99. The van der Waals surface area contributed by atoms with Gasteiger partial charge >= 0.3 is 0 Å². The van der Waals surface area contributed by atoms with Crippen LogP contribution in [0, 0.1) is 0 Å². The van der Waals surface area contributed by atoms with Crippen molar-refractivity contribution in [2.75, 3.05) is 5.75 Å². The Morgan fingerprint density at radius 3 is 2.86 bits per heavy atom. The molecule has 0 radical (unpaired) electrons. The van der Waals surface area contributed by atoms with Crippen LogP contribution in [-0.4, -0.2) is 31.3 Å². The number of ketones is 1. The van der Waals surface area contributed by atoms with E-state index in [2.05, 4.69) is 0 Å². The van der Waals surface area contributed by atoms with Crippen LogP contribution in [0.1, 0.15) is 40.6 Å². The summed E-state index contributed by atoms with van der Waals surface area (Å²) in [4.78, 5) is 32.4. The fourth-order valence-corrected chi connectivity index (χ4v) is 5.72. The van der Waals surface area contributed by atoms with Crippen LogP contribution in [0.15, 0.2) is 28.2 Å². The third-order valence-corrected chi connectivity index (χ3v) is 7.03. The number of carbonyl (C=O) groups is 1. The van der Waals surface area contributed by atoms with E-state index in [0.717, 1.165) is 41.5 Å². The summed E-state index contributed by atoms with van der Waals surface area (Å²) in [6, 6.07) is 4.01. The van der Waals surface area contributed by atoms with Crippen molar-refractivity contribution < 1.29 is 15.0 Å². The predicted octanol–water partition coefficient (Wildman–Crippen LogP) is 3.74. The highest BCUT2D eigenvalue weighted by Gasteiger charge is 2.23. The van der Waals surface area contributed by atoms with E-state index in [9.17, 15) is 19.8 Å². The lowest BCUT2D eigenvalue weighted by molar-refractivity contribution is 0.102. The van der Waals surface area contributed by atoms with E-state index in [1.807, 2.05) is 6.92 Å². The van der Waals surface area contributed by atoms with Gasteiger partial charge in [0.2, 0.25) is 0 Å². The molecule has 0 bridgehead atoms. The summed E-state index contributed by atoms with van der Waals surface area (Å²) in [6.07, 6.45) is 3.84. The summed E-state index contributed by atoms with van der Waals surface area (Å²) in [6.45, 7) is 2.57. The smallest absolute Gasteiger partial charge is 0.263 e. The van der Waals surface area contributed by atoms with E-state index in [-0.39, 0.29) is 28.6 Å². The van der Waals surface area contributed by atoms with Gasteiger partial charge in [-0.25, -0.2) is 4.98 Å². The number of nitrogens with zero attached hydrogens (tertiary/aromatic N) is 2. The fourth-order valence-electron chi connectivity index (χ4n) is 3.50. The first-order valence-electron chi connectivity index (χ1n) is 9.22. The summed E-state index contributed by atoms with van der Waals surface area (Å²) >= 11 is 2.83. The van der Waals surface area contributed by atoms with E-state index >= 15 is 0 Å². The van der Waals surface area contributed by atoms with Crippen LogP contribution in [0.2, 0.25) is 0 Å². The second kappa shape index (κ2) is 7.60. The topological polar surface area (TPSA) is 92.4 Å². The number of phenolic OH excluding ortho intramolecular Hbond substituents is 2. The van der Waals surface area contributed by atoms with Crippen molar-refractivity contribution in [3.05, 3.63) is 44.6 Å². The van der Waals surface area contributed by atoms with Gasteiger partial charge in [-0.2, -0.15) is 0 Å². The van der Waals surface area contributed by atoms with Crippen molar-refractivity contribution in [3.63, 3.8) is 0 Å². The van der Waals surface area contributed by atoms with Gasteiger partial charge in [0.05, 0.1) is 11.1 Å². The molecule has 0 saturated heterocycles. The van der Waals surface area contributed by atoms with Crippen LogP contribution in [-0.2, 0) is 19.4 Å². The van der Waals surface area contributed by atoms with E-state index in [1.54, 1.807) is 15.9 Å². The van der Waals surface area contributed by atoms with Crippen molar-refractivity contribution in [1.29, 1.82) is 0 Å². The zero-order valence-corrected chi connectivity index (χ0v) is 17.0. The number of thiophene rings is 1. The number of benzene rings is 1. The zero-order valence-electron chi connectivity index (χ0n) is 15.4. The minimum absolute atomic E-state index is 0.0107. The van der Waals surface area contributed by atoms with Crippen LogP contribution in [0.4, 0.5) is 0 Å². The Bertz CT molecular complexity index is 1130. The fraction of sp³-hybridized carbons (Fsp3) is 0.350. The highest BCUT2D eigenvalue weighted by atomic mass is 32.2. The average Bonchev–Trinajstić information content (AvgIpc) is 3.25. The lowest BCUT2D eigenvalue weighted by atomic mass is 10.1. The van der Waals surface area contributed by atoms with Crippen LogP contribution in [0.3, 0.4) is 0 Å². The van der Waals surface area contributed by atoms with Crippen molar-refractivity contribution in [2.45, 2.75) is 44.3 Å². The second-order valence-corrected chi connectivity index (χ2v) is 8.83. The molecule has 0 saturated carbocycles. The van der Waals surface area contributed by atoms with Gasteiger partial charge in [-0.1, -0.05) is 18.7 Å². The third-order valence-electron chi connectivity index (χ3n) is 4.87. The van der Waals surface area contributed by atoms with Gasteiger partial charge in [0.15, 0.2) is 22.4 Å². The van der Waals surface area contributed by atoms with Crippen LogP contribution in [0.25, 0.3) is 10.2 Å². The quantitative estimate of drug-likeness (QED) is 0.275. The molecule has 4 rings (SSSR count). The molecule has 1 aliphatic rings. The zero-order chi connectivity index (χ0) is 19.8. The standard InChI is InChI=1S/C20H20N2O4S2/c1-2-8-22-19(26)17-12-4-3-5-16(12)28-18(17)21-20(22)27-10-15(25)11-6-7-13(23)14(24)9-11/h6-7,9,23-24H,2-5,8,10H2,1H3. The summed E-state index contributed by atoms with van der Waals surface area (Å²) in [5, 5.41) is 20.3. The summed E-state index contributed by atoms with van der Waals surface area (Å²) in [5.74, 6) is -0.701. The number of hydrogen-bond acceptors (Lipinski definition) is 7. The van der Waals surface area contributed by atoms with Gasteiger partial charge in [-0.3, -0.25) is 14.2 Å². The molecule has 3 aromatic rings. The number of phenols is 2. The normalized spacial score (nSPS) is 13.2. The number of rotatable bonds is 6. The Balaban J connectivity index is 1.66. The third kappa shape index (κ3) is 3.31. The molecule has 0 fully saturated rings. The molecule has 28 heavy (non-hydrogen) atoms. The second-order valence-electron chi connectivity index (χ2n) is 6.80. The van der Waals surface area contributed by atoms with Crippen molar-refractivity contribution in [3.8, 4) is 11.5 Å². The molecule has 0 spiro atoms. The monoisotopic (exact) mass is 416 g/mol. The molecule has 0 atom stereocenters. The molecular weight excluding hydrogens is 396 g/mol. The lowest BCUT2D eigenvalue weighted by Gasteiger charge is -2.11. The average molecular weight is 417 g/mol. The van der Waals surface area contributed by atoms with Gasteiger partial charge in [-0.15, -0.1) is 11.3 Å². The Morgan fingerprint density at radius 2 is 2.11 bits per heavy atom. The van der Waals surface area contributed by atoms with Crippen LogP contribution < -0.4 is 5.56 Å². The molecule has 0 unspecified atom stereocenters. The largest absolute Gasteiger partial charge is 0.504 e. The van der Waals surface area contributed by atoms with Gasteiger partial charge < -0.3 is 10.2 Å². The maximum absolute atomic E-state index is 13.1. The Hall–Kier alpha value is -2.32. The molecule has 2 aromatic heterocycles. The minimum atomic E-state index is -0.327. The number of hydrogen-bond donors (Lipinski definition) is 2. The number of carbonyl (C=O) groups excluding carboxylic acids is 1. The number of thioether (sulfide) groups is 1. The highest BCUT2D eigenvalue weighted by Crippen LogP contribution is 2.35. The van der Waals surface area contributed by atoms with E-state index in [1.165, 1.54) is 34.8 Å². The molecule has 0 amide bonds. The van der Waals surface area contributed by atoms with Gasteiger partial charge in [0.25, 0.3) is 5.56 Å². The summed E-state index contributed by atoms with van der Waals surface area (Å²) < 4.78 is 1.68. The Kier molecular flexibility index (Phi) is 5.16. The molecule has 2 heterocycles. The lowest BCUT2D eigenvalue weighted by Crippen LogP contribution is -2.23. The molecule has 1 aliphatic carbocycles. The molecule has 146 valence electrons. The molecule has 6 nitrogen and oxygen atoms in total. The van der Waals surface area contributed by atoms with E-state index < -0.39 is 0 Å². The SMILES string of the molecule is CCCn1c(SCC(=O)c2ccc(O)c(O)c2)nc2sc3c(c2c1=O)CCC3. The molecular formula is C20H20N2O4S2. The van der Waals surface area contributed by atoms with Crippen molar-refractivity contribution in [1.82, 2.24) is 9.55 Å². The number of Topliss-reactive ketones (excluding diaryl/α,β-unsaturated/α-hetero) is 1. The minimum Gasteiger partial charge on any atom is -0.504 e. The molecule has 2 N–H and O–H groups in total. The summed E-state index contributed by atoms with van der Waals surface area (Å²) in [7, 11) is 0. The van der Waals surface area contributed by atoms with Crippen molar-refractivity contribution in [2.24, 2.45) is 0 Å². The first kappa shape index (κ1) is 19.0. The van der Waals surface area contributed by atoms with Crippen LogP contribution in [0.5, 0.6) is 11.5 Å². The Morgan fingerprint density at radius 1 is 1.29 bits per heavy atom. The first-order chi connectivity index (χ1) is 13.5. The molecule has 1 aromatic carbocycles. The number of aryl methyl sites for hydroxylation is 2. The summed E-state index contributed by atoms with van der Waals surface area (Å²) in [5.41, 5.74) is 1.46. The van der Waals surface area contributed by atoms with Crippen LogP contribution >= 0.6 is 23.1 Å². The number of aromatic hydroxyl groups is 2. The molecule has 8 heteroatoms. The number of aromatic nitrogens is 2. The maximum Gasteiger partial charge on any atom is 0.263 e. The van der Waals surface area contributed by atoms with Gasteiger partial charge in [0, 0.05) is 17.0 Å². The number of fused-ring (bicyclic) bond motifs is 3. The predicted molar refractivity (Wildman–Crippen MR) is 111 cm³/mol. The molecule has 0 aliphatic heterocycles. The first-order valence-corrected chi connectivity index (χ1v) is 11.0. The van der Waals surface area contributed by atoms with Gasteiger partial charge in [-0.05, 0) is 49.4 Å². The van der Waals surface area contributed by atoms with Crippen molar-refractivity contribution >= 4 is 39.1 Å². The van der Waals surface area contributed by atoms with E-state index in [4.69, 9.17) is 4.98 Å². The van der Waals surface area contributed by atoms with E-state index in [0.29, 0.717) is 17.3 Å². The van der Waals surface area contributed by atoms with Gasteiger partial charge in [0.1, 0.15) is 4.83 Å².